The average Bonchev–Trinajstić information content (AvgIpc) is 3.19. The Kier molecular flexibility index (Phi) is 6.23. The fourth-order valence-electron chi connectivity index (χ4n) is 3.70. The molecule has 4 rings (SSSR count). The van der Waals surface area contributed by atoms with Crippen molar-refractivity contribution in [3.63, 3.8) is 0 Å². The van der Waals surface area contributed by atoms with Crippen LogP contribution in [0.5, 0.6) is 0 Å². The summed E-state index contributed by atoms with van der Waals surface area (Å²) in [6, 6.07) is 18.7. The molecule has 3 aromatic rings. The SMILES string of the molecule is C[C@H](c1nc2ccccc2s1)N(C)C(=O)CN1CCN(Cc2ccccc2)CC1. The number of fused-ring (bicyclic) bond motifs is 1. The maximum atomic E-state index is 12.9. The summed E-state index contributed by atoms with van der Waals surface area (Å²) in [5.74, 6) is 0.160. The van der Waals surface area contributed by atoms with Crippen molar-refractivity contribution in [2.24, 2.45) is 0 Å². The summed E-state index contributed by atoms with van der Waals surface area (Å²) in [6.45, 7) is 7.39. The predicted molar refractivity (Wildman–Crippen MR) is 119 cm³/mol. The van der Waals surface area contributed by atoms with Crippen molar-refractivity contribution in [3.8, 4) is 0 Å². The van der Waals surface area contributed by atoms with Crippen LogP contribution in [-0.4, -0.2) is 65.4 Å². The molecule has 1 fully saturated rings. The number of nitrogens with zero attached hydrogens (tertiary/aromatic N) is 4. The minimum Gasteiger partial charge on any atom is -0.335 e. The second-order valence-electron chi connectivity index (χ2n) is 7.74. The molecule has 1 atom stereocenters. The van der Waals surface area contributed by atoms with Crippen LogP contribution < -0.4 is 0 Å². The number of benzene rings is 2. The lowest BCUT2D eigenvalue weighted by molar-refractivity contribution is -0.133. The molecule has 0 N–H and O–H groups in total. The van der Waals surface area contributed by atoms with Gasteiger partial charge < -0.3 is 4.90 Å². The molecule has 6 heteroatoms. The van der Waals surface area contributed by atoms with Crippen molar-refractivity contribution in [2.45, 2.75) is 19.5 Å². The van der Waals surface area contributed by atoms with Gasteiger partial charge in [-0.1, -0.05) is 42.5 Å². The lowest BCUT2D eigenvalue weighted by atomic mass is 10.2. The van der Waals surface area contributed by atoms with E-state index in [2.05, 4.69) is 53.1 Å². The van der Waals surface area contributed by atoms with E-state index in [4.69, 9.17) is 4.98 Å². The van der Waals surface area contributed by atoms with Gasteiger partial charge in [-0.05, 0) is 24.6 Å². The van der Waals surface area contributed by atoms with Crippen LogP contribution in [0.15, 0.2) is 54.6 Å². The van der Waals surface area contributed by atoms with Crippen molar-refractivity contribution in [1.82, 2.24) is 19.7 Å². The number of carbonyl (C=O) groups excluding carboxylic acids is 1. The van der Waals surface area contributed by atoms with Crippen LogP contribution in [0.1, 0.15) is 23.5 Å². The Hall–Kier alpha value is -2.28. The molecule has 2 aromatic carbocycles. The van der Waals surface area contributed by atoms with Crippen LogP contribution in [0.2, 0.25) is 0 Å². The normalized spacial score (nSPS) is 16.8. The number of thiazole rings is 1. The number of likely N-dealkylation sites (N-methyl/N-ethyl adjacent to an activating group) is 1. The van der Waals surface area contributed by atoms with Crippen LogP contribution in [-0.2, 0) is 11.3 Å². The van der Waals surface area contributed by atoms with Crippen LogP contribution >= 0.6 is 11.3 Å². The molecule has 2 heterocycles. The maximum Gasteiger partial charge on any atom is 0.237 e. The molecule has 0 radical (unpaired) electrons. The van der Waals surface area contributed by atoms with Crippen molar-refractivity contribution in [3.05, 3.63) is 65.2 Å². The van der Waals surface area contributed by atoms with E-state index in [1.165, 1.54) is 10.3 Å². The van der Waals surface area contributed by atoms with E-state index in [0.29, 0.717) is 6.54 Å². The van der Waals surface area contributed by atoms with Crippen LogP contribution in [0.25, 0.3) is 10.2 Å². The van der Waals surface area contributed by atoms with Gasteiger partial charge in [0.25, 0.3) is 0 Å². The highest BCUT2D eigenvalue weighted by Crippen LogP contribution is 2.28. The molecule has 29 heavy (non-hydrogen) atoms. The molecule has 1 aliphatic rings. The first kappa shape index (κ1) is 20.0. The first-order valence-electron chi connectivity index (χ1n) is 10.2. The number of hydrogen-bond donors (Lipinski definition) is 0. The van der Waals surface area contributed by atoms with Gasteiger partial charge in [0.1, 0.15) is 5.01 Å². The zero-order chi connectivity index (χ0) is 20.2. The van der Waals surface area contributed by atoms with E-state index >= 15 is 0 Å². The molecule has 0 bridgehead atoms. The molecular weight excluding hydrogens is 380 g/mol. The molecule has 0 aliphatic carbocycles. The Morgan fingerprint density at radius 3 is 2.41 bits per heavy atom. The zero-order valence-corrected chi connectivity index (χ0v) is 17.9. The van der Waals surface area contributed by atoms with Gasteiger partial charge in [0.05, 0.1) is 22.8 Å². The second-order valence-corrected chi connectivity index (χ2v) is 8.80. The smallest absolute Gasteiger partial charge is 0.237 e. The third-order valence-corrected chi connectivity index (χ3v) is 6.92. The highest BCUT2D eigenvalue weighted by Gasteiger charge is 2.24. The third kappa shape index (κ3) is 4.83. The van der Waals surface area contributed by atoms with Crippen LogP contribution in [0.3, 0.4) is 0 Å². The van der Waals surface area contributed by atoms with Gasteiger partial charge in [0.15, 0.2) is 0 Å². The fourth-order valence-corrected chi connectivity index (χ4v) is 4.76. The summed E-state index contributed by atoms with van der Waals surface area (Å²) >= 11 is 1.67. The average molecular weight is 409 g/mol. The molecule has 1 aliphatic heterocycles. The Morgan fingerprint density at radius 1 is 1.03 bits per heavy atom. The quantitative estimate of drug-likeness (QED) is 0.624. The lowest BCUT2D eigenvalue weighted by Crippen LogP contribution is -2.49. The molecule has 5 nitrogen and oxygen atoms in total. The topological polar surface area (TPSA) is 39.7 Å². The predicted octanol–water partition coefficient (Wildman–Crippen LogP) is 3.63. The molecule has 1 aromatic heterocycles. The van der Waals surface area contributed by atoms with Crippen LogP contribution in [0, 0.1) is 0 Å². The van der Waals surface area contributed by atoms with Crippen molar-refractivity contribution >= 4 is 27.5 Å². The van der Waals surface area contributed by atoms with E-state index < -0.39 is 0 Å². The van der Waals surface area contributed by atoms with E-state index in [1.54, 1.807) is 11.3 Å². The van der Waals surface area contributed by atoms with Gasteiger partial charge in [-0.25, -0.2) is 4.98 Å². The fraction of sp³-hybridized carbons (Fsp3) is 0.391. The van der Waals surface area contributed by atoms with Gasteiger partial charge >= 0.3 is 0 Å². The number of para-hydroxylation sites is 1. The van der Waals surface area contributed by atoms with Gasteiger partial charge in [-0.15, -0.1) is 11.3 Å². The second kappa shape index (κ2) is 9.03. The number of rotatable bonds is 6. The molecular formula is C23H28N4OS. The van der Waals surface area contributed by atoms with Gasteiger partial charge in [0, 0.05) is 39.8 Å². The Balaban J connectivity index is 1.29. The summed E-state index contributed by atoms with van der Waals surface area (Å²) in [6.07, 6.45) is 0. The van der Waals surface area contributed by atoms with Crippen LogP contribution in [0.4, 0.5) is 0 Å². The van der Waals surface area contributed by atoms with E-state index in [9.17, 15) is 4.79 Å². The molecule has 152 valence electrons. The number of aromatic nitrogens is 1. The minimum atomic E-state index is -0.0146. The van der Waals surface area contributed by atoms with E-state index in [1.807, 2.05) is 30.1 Å². The molecule has 0 spiro atoms. The van der Waals surface area contributed by atoms with E-state index in [-0.39, 0.29) is 11.9 Å². The highest BCUT2D eigenvalue weighted by atomic mass is 32.1. The van der Waals surface area contributed by atoms with Crippen molar-refractivity contribution < 1.29 is 4.79 Å². The minimum absolute atomic E-state index is 0.0146. The number of carbonyl (C=O) groups is 1. The molecule has 0 unspecified atom stereocenters. The highest BCUT2D eigenvalue weighted by molar-refractivity contribution is 7.18. The zero-order valence-electron chi connectivity index (χ0n) is 17.1. The standard InChI is InChI=1S/C23H28N4OS/c1-18(23-24-20-10-6-7-11-21(20)29-23)25(2)22(28)17-27-14-12-26(13-15-27)16-19-8-4-3-5-9-19/h3-11,18H,12-17H2,1-2H3/t18-/m1/s1. The Labute approximate surface area is 176 Å². The number of amides is 1. The monoisotopic (exact) mass is 408 g/mol. The number of hydrogen-bond acceptors (Lipinski definition) is 5. The summed E-state index contributed by atoms with van der Waals surface area (Å²) in [7, 11) is 1.89. The summed E-state index contributed by atoms with van der Waals surface area (Å²) in [5.41, 5.74) is 2.36. The Bertz CT molecular complexity index is 917. The van der Waals surface area contributed by atoms with E-state index in [0.717, 1.165) is 43.2 Å². The maximum absolute atomic E-state index is 12.9. The molecule has 1 amide bonds. The summed E-state index contributed by atoms with van der Waals surface area (Å²) in [4.78, 5) is 24.2. The first-order valence-corrected chi connectivity index (χ1v) is 11.0. The third-order valence-electron chi connectivity index (χ3n) is 5.71. The van der Waals surface area contributed by atoms with Gasteiger partial charge in [-0.2, -0.15) is 0 Å². The van der Waals surface area contributed by atoms with Gasteiger partial charge in [0.2, 0.25) is 5.91 Å². The van der Waals surface area contributed by atoms with Crippen molar-refractivity contribution in [2.75, 3.05) is 39.8 Å². The molecule has 0 saturated carbocycles. The first-order chi connectivity index (χ1) is 14.1. The largest absolute Gasteiger partial charge is 0.335 e. The number of piperazine rings is 1. The molecule has 1 saturated heterocycles. The summed E-state index contributed by atoms with van der Waals surface area (Å²) < 4.78 is 1.17. The van der Waals surface area contributed by atoms with Crippen molar-refractivity contribution in [1.29, 1.82) is 0 Å². The summed E-state index contributed by atoms with van der Waals surface area (Å²) in [5, 5.41) is 0.995. The van der Waals surface area contributed by atoms with Gasteiger partial charge in [-0.3, -0.25) is 14.6 Å². The lowest BCUT2D eigenvalue weighted by Gasteiger charge is -2.35. The Morgan fingerprint density at radius 2 is 1.69 bits per heavy atom.